The zero-order valence-corrected chi connectivity index (χ0v) is 20.6. The first-order chi connectivity index (χ1) is 17.6. The topological polar surface area (TPSA) is 112 Å². The van der Waals surface area contributed by atoms with Crippen molar-refractivity contribution in [2.75, 3.05) is 6.54 Å². The summed E-state index contributed by atoms with van der Waals surface area (Å²) in [6, 6.07) is 12.0. The first-order valence-electron chi connectivity index (χ1n) is 11.7. The van der Waals surface area contributed by atoms with Crippen LogP contribution in [0.1, 0.15) is 29.1 Å². The molecule has 6 aromatic rings. The molecular formula is C27H23N7OS. The summed E-state index contributed by atoms with van der Waals surface area (Å²) in [6.45, 7) is 5.33. The van der Waals surface area contributed by atoms with Gasteiger partial charge in [-0.25, -0.2) is 0 Å². The predicted octanol–water partition coefficient (Wildman–Crippen LogP) is 5.60. The van der Waals surface area contributed by atoms with Crippen LogP contribution in [0.15, 0.2) is 61.2 Å². The second-order valence-corrected chi connectivity index (χ2v) is 9.66. The van der Waals surface area contributed by atoms with Gasteiger partial charge in [-0.05, 0) is 55.4 Å². The summed E-state index contributed by atoms with van der Waals surface area (Å²) in [5.74, 6) is 0.0583. The van der Waals surface area contributed by atoms with E-state index >= 15 is 0 Å². The van der Waals surface area contributed by atoms with Crippen LogP contribution < -0.4 is 5.32 Å². The number of fused-ring (bicyclic) bond motifs is 2. The molecule has 3 N–H and O–H groups in total. The molecule has 178 valence electrons. The Bertz CT molecular complexity index is 1730. The van der Waals surface area contributed by atoms with Crippen molar-refractivity contribution in [1.82, 2.24) is 35.5 Å². The monoisotopic (exact) mass is 493 g/mol. The van der Waals surface area contributed by atoms with Crippen molar-refractivity contribution in [3.63, 3.8) is 0 Å². The van der Waals surface area contributed by atoms with Crippen LogP contribution in [0.2, 0.25) is 0 Å². The second kappa shape index (κ2) is 9.10. The van der Waals surface area contributed by atoms with Crippen molar-refractivity contribution in [3.05, 3.63) is 71.6 Å². The molecule has 0 saturated carbocycles. The number of ketones is 1. The van der Waals surface area contributed by atoms with E-state index in [0.717, 1.165) is 78.6 Å². The number of pyridine rings is 3. The molecule has 9 heteroatoms. The van der Waals surface area contributed by atoms with E-state index in [1.54, 1.807) is 13.1 Å². The lowest BCUT2D eigenvalue weighted by molar-refractivity contribution is 0.102. The first kappa shape index (κ1) is 22.3. The van der Waals surface area contributed by atoms with Gasteiger partial charge in [-0.15, -0.1) is 11.3 Å². The van der Waals surface area contributed by atoms with Gasteiger partial charge in [0.15, 0.2) is 5.78 Å². The molecule has 6 aromatic heterocycles. The second-order valence-electron chi connectivity index (χ2n) is 8.57. The Kier molecular flexibility index (Phi) is 5.63. The van der Waals surface area contributed by atoms with Crippen LogP contribution in [0.5, 0.6) is 0 Å². The minimum Gasteiger partial charge on any atom is -0.353 e. The molecule has 0 spiro atoms. The third-order valence-electron chi connectivity index (χ3n) is 6.11. The van der Waals surface area contributed by atoms with Gasteiger partial charge in [-0.1, -0.05) is 6.92 Å². The highest BCUT2D eigenvalue weighted by Gasteiger charge is 2.17. The number of nitrogens with one attached hydrogen (secondary N) is 3. The number of hydrogen-bond acceptors (Lipinski definition) is 7. The lowest BCUT2D eigenvalue weighted by Gasteiger charge is -2.05. The number of aromatic nitrogens is 6. The predicted molar refractivity (Wildman–Crippen MR) is 143 cm³/mol. The fraction of sp³-hybridized carbons (Fsp3) is 0.148. The van der Waals surface area contributed by atoms with Gasteiger partial charge in [0, 0.05) is 47.0 Å². The average Bonchev–Trinajstić information content (AvgIpc) is 3.64. The molecule has 0 radical (unpaired) electrons. The van der Waals surface area contributed by atoms with E-state index in [9.17, 15) is 4.79 Å². The molecular weight excluding hydrogens is 470 g/mol. The Morgan fingerprint density at radius 2 is 1.89 bits per heavy atom. The Morgan fingerprint density at radius 1 is 1.00 bits per heavy atom. The smallest absolute Gasteiger partial charge is 0.169 e. The van der Waals surface area contributed by atoms with Crippen LogP contribution in [0, 0.1) is 0 Å². The Balaban J connectivity index is 1.42. The third kappa shape index (κ3) is 3.98. The minimum absolute atomic E-state index is 0.0583. The number of hydrogen-bond donors (Lipinski definition) is 3. The van der Waals surface area contributed by atoms with Gasteiger partial charge >= 0.3 is 0 Å². The zero-order valence-electron chi connectivity index (χ0n) is 19.8. The van der Waals surface area contributed by atoms with Crippen LogP contribution in [0.25, 0.3) is 55.0 Å². The molecule has 8 nitrogen and oxygen atoms in total. The lowest BCUT2D eigenvalue weighted by atomic mass is 10.1. The molecule has 0 aromatic carbocycles. The molecule has 0 aliphatic heterocycles. The molecule has 6 heterocycles. The number of H-pyrrole nitrogens is 2. The zero-order chi connectivity index (χ0) is 24.6. The van der Waals surface area contributed by atoms with Crippen LogP contribution in [0.4, 0.5) is 0 Å². The average molecular weight is 494 g/mol. The largest absolute Gasteiger partial charge is 0.353 e. The van der Waals surface area contributed by atoms with Crippen LogP contribution in [-0.4, -0.2) is 42.5 Å². The Labute approximate surface area is 210 Å². The van der Waals surface area contributed by atoms with Gasteiger partial charge in [0.1, 0.15) is 5.69 Å². The van der Waals surface area contributed by atoms with Gasteiger partial charge in [-0.3, -0.25) is 24.8 Å². The van der Waals surface area contributed by atoms with Gasteiger partial charge in [0.2, 0.25) is 0 Å². The number of carbonyl (C=O) groups excluding carboxylic acids is 1. The third-order valence-corrected chi connectivity index (χ3v) is 7.30. The summed E-state index contributed by atoms with van der Waals surface area (Å²) in [7, 11) is 0. The Morgan fingerprint density at radius 3 is 2.72 bits per heavy atom. The van der Waals surface area contributed by atoms with E-state index in [-0.39, 0.29) is 5.78 Å². The lowest BCUT2D eigenvalue weighted by Crippen LogP contribution is -2.11. The van der Waals surface area contributed by atoms with E-state index in [0.29, 0.717) is 0 Å². The summed E-state index contributed by atoms with van der Waals surface area (Å²) in [5, 5.41) is 13.0. The summed E-state index contributed by atoms with van der Waals surface area (Å²) < 4.78 is 0. The highest BCUT2D eigenvalue weighted by molar-refractivity contribution is 7.17. The number of Topliss-reactive ketones (excluding diaryl/α,β-unsaturated/α-hetero) is 1. The van der Waals surface area contributed by atoms with Crippen LogP contribution >= 0.6 is 11.3 Å². The van der Waals surface area contributed by atoms with Crippen LogP contribution in [-0.2, 0) is 6.54 Å². The quantitative estimate of drug-likeness (QED) is 0.249. The van der Waals surface area contributed by atoms with Gasteiger partial charge < -0.3 is 10.3 Å². The maximum Gasteiger partial charge on any atom is 0.169 e. The summed E-state index contributed by atoms with van der Waals surface area (Å²) in [6.07, 6.45) is 7.30. The van der Waals surface area contributed by atoms with Crippen molar-refractivity contribution < 1.29 is 4.79 Å². The molecule has 0 bridgehead atoms. The van der Waals surface area contributed by atoms with Crippen molar-refractivity contribution in [1.29, 1.82) is 0 Å². The fourth-order valence-corrected chi connectivity index (χ4v) is 5.22. The maximum atomic E-state index is 11.8. The van der Waals surface area contributed by atoms with Gasteiger partial charge in [0.05, 0.1) is 38.5 Å². The summed E-state index contributed by atoms with van der Waals surface area (Å²) in [4.78, 5) is 30.6. The number of rotatable bonds is 7. The van der Waals surface area contributed by atoms with Gasteiger partial charge in [0.25, 0.3) is 0 Å². The van der Waals surface area contributed by atoms with Crippen molar-refractivity contribution >= 4 is 38.9 Å². The van der Waals surface area contributed by atoms with E-state index < -0.39 is 0 Å². The standard InChI is InChI=1S/C27H23N7OS/c1-3-28-11-16-8-17(13-29-12-16)21-9-19-23(14-31-21)33-34-26(19)22-10-18-20(32-22)6-7-30-27(18)25-5-4-24(36-25)15(2)35/h4-10,12-14,28,32H,3,11H2,1-2H3,(H,33,34). The fourth-order valence-electron chi connectivity index (χ4n) is 4.31. The van der Waals surface area contributed by atoms with Crippen LogP contribution in [0.3, 0.4) is 0 Å². The number of thiophene rings is 1. The SMILES string of the molecule is CCNCc1cncc(-c2cc3c(-c4cc5c(-c6ccc(C(C)=O)s6)nccc5[nH]4)n[nH]c3cn2)c1. The van der Waals surface area contributed by atoms with E-state index in [1.165, 1.54) is 11.3 Å². The summed E-state index contributed by atoms with van der Waals surface area (Å²) >= 11 is 1.46. The number of carbonyl (C=O) groups is 1. The van der Waals surface area contributed by atoms with Crippen molar-refractivity contribution in [3.8, 4) is 33.2 Å². The molecule has 0 saturated heterocycles. The maximum absolute atomic E-state index is 11.8. The number of nitrogens with zero attached hydrogens (tertiary/aromatic N) is 4. The molecule has 36 heavy (non-hydrogen) atoms. The highest BCUT2D eigenvalue weighted by atomic mass is 32.1. The van der Waals surface area contributed by atoms with E-state index in [2.05, 4.69) is 54.5 Å². The molecule has 0 unspecified atom stereocenters. The molecule has 0 atom stereocenters. The van der Waals surface area contributed by atoms with Crippen molar-refractivity contribution in [2.45, 2.75) is 20.4 Å². The molecule has 0 fully saturated rings. The number of aromatic amines is 2. The van der Waals surface area contributed by atoms with Crippen molar-refractivity contribution in [2.24, 2.45) is 0 Å². The Hall–Kier alpha value is -4.21. The van der Waals surface area contributed by atoms with E-state index in [1.807, 2.05) is 42.9 Å². The molecule has 6 rings (SSSR count). The molecule has 0 aliphatic rings. The molecule has 0 aliphatic carbocycles. The minimum atomic E-state index is 0.0583. The van der Waals surface area contributed by atoms with E-state index in [4.69, 9.17) is 0 Å². The highest BCUT2D eigenvalue weighted by Crippen LogP contribution is 2.36. The molecule has 0 amide bonds. The summed E-state index contributed by atoms with van der Waals surface area (Å²) in [5.41, 5.74) is 7.25. The van der Waals surface area contributed by atoms with Gasteiger partial charge in [-0.2, -0.15) is 5.10 Å². The normalized spacial score (nSPS) is 11.5. The first-order valence-corrected chi connectivity index (χ1v) is 12.5.